The van der Waals surface area contributed by atoms with Gasteiger partial charge in [-0.1, -0.05) is 50.6 Å². The number of likely N-dealkylation sites (tertiary alicyclic amines) is 1. The topological polar surface area (TPSA) is 3.24 Å². The molecule has 2 heteroatoms. The summed E-state index contributed by atoms with van der Waals surface area (Å²) in [5.74, 6) is 0.753. The van der Waals surface area contributed by atoms with E-state index >= 15 is 0 Å². The first-order valence-electron chi connectivity index (χ1n) is 6.93. The second-order valence-electron chi connectivity index (χ2n) is 5.69. The third-order valence-electron chi connectivity index (χ3n) is 4.51. The molecule has 1 aliphatic heterocycles. The maximum Gasteiger partial charge on any atom is 0.00125 e. The molecule has 102 valence electrons. The first-order valence-corrected chi connectivity index (χ1v) is 6.93. The van der Waals surface area contributed by atoms with E-state index in [0.717, 1.165) is 5.92 Å². The molecule has 1 fully saturated rings. The molecule has 1 heterocycles. The summed E-state index contributed by atoms with van der Waals surface area (Å²) in [6, 6.07) is 11.2. The van der Waals surface area contributed by atoms with E-state index in [4.69, 9.17) is 0 Å². The normalized spacial score (nSPS) is 28.7. The van der Waals surface area contributed by atoms with Crippen molar-refractivity contribution in [1.82, 2.24) is 4.90 Å². The number of benzene rings is 1. The minimum atomic E-state index is 0. The van der Waals surface area contributed by atoms with Crippen LogP contribution in [0.25, 0.3) is 0 Å². The lowest BCUT2D eigenvalue weighted by Gasteiger charge is -2.46. The highest BCUT2D eigenvalue weighted by Gasteiger charge is 2.40. The highest BCUT2D eigenvalue weighted by molar-refractivity contribution is 8.93. The van der Waals surface area contributed by atoms with Crippen molar-refractivity contribution in [3.05, 3.63) is 35.9 Å². The molecule has 0 bridgehead atoms. The highest BCUT2D eigenvalue weighted by Crippen LogP contribution is 2.42. The van der Waals surface area contributed by atoms with Crippen LogP contribution in [0.4, 0.5) is 0 Å². The molecule has 0 saturated carbocycles. The second-order valence-corrected chi connectivity index (χ2v) is 5.69. The van der Waals surface area contributed by atoms with E-state index in [9.17, 15) is 0 Å². The summed E-state index contributed by atoms with van der Waals surface area (Å²) in [6.07, 6.45) is 3.91. The monoisotopic (exact) mass is 311 g/mol. The maximum absolute atomic E-state index is 2.47. The Balaban J connectivity index is 0.00000162. The Morgan fingerprint density at radius 3 is 2.50 bits per heavy atom. The third-order valence-corrected chi connectivity index (χ3v) is 4.51. The van der Waals surface area contributed by atoms with Crippen LogP contribution in [0.1, 0.15) is 38.7 Å². The summed E-state index contributed by atoms with van der Waals surface area (Å²) in [7, 11) is 2.25. The molecule has 0 aromatic heterocycles. The smallest absolute Gasteiger partial charge is 0.00125 e. The molecule has 1 nitrogen and oxygen atoms in total. The Kier molecular flexibility index (Phi) is 5.87. The van der Waals surface area contributed by atoms with Crippen molar-refractivity contribution in [1.29, 1.82) is 0 Å². The first kappa shape index (κ1) is 15.7. The van der Waals surface area contributed by atoms with Crippen LogP contribution in [0.15, 0.2) is 30.3 Å². The summed E-state index contributed by atoms with van der Waals surface area (Å²) < 4.78 is 0. The number of nitrogens with zero attached hydrogens (tertiary/aromatic N) is 1. The van der Waals surface area contributed by atoms with Crippen molar-refractivity contribution in [2.75, 3.05) is 20.1 Å². The minimum Gasteiger partial charge on any atom is -0.306 e. The standard InChI is InChI=1S/C16H25N.BrH/c1-4-10-16(15-8-6-5-7-9-15)11-12-17(3)13-14(16)2;/h5-9,14H,4,10-13H2,1-3H3;1H. The van der Waals surface area contributed by atoms with Gasteiger partial charge in [0.1, 0.15) is 0 Å². The number of hydrogen-bond donors (Lipinski definition) is 0. The average Bonchev–Trinajstić information content (AvgIpc) is 2.34. The van der Waals surface area contributed by atoms with E-state index in [-0.39, 0.29) is 17.0 Å². The first-order chi connectivity index (χ1) is 8.19. The van der Waals surface area contributed by atoms with Crippen LogP contribution in [0.5, 0.6) is 0 Å². The van der Waals surface area contributed by atoms with Crippen LogP contribution in [-0.2, 0) is 5.41 Å². The molecule has 0 N–H and O–H groups in total. The highest BCUT2D eigenvalue weighted by atomic mass is 79.9. The van der Waals surface area contributed by atoms with Crippen molar-refractivity contribution < 1.29 is 0 Å². The van der Waals surface area contributed by atoms with Gasteiger partial charge >= 0.3 is 0 Å². The predicted octanol–water partition coefficient (Wildman–Crippen LogP) is 4.27. The van der Waals surface area contributed by atoms with Gasteiger partial charge in [0, 0.05) is 12.0 Å². The molecule has 2 unspecified atom stereocenters. The van der Waals surface area contributed by atoms with Crippen molar-refractivity contribution in [3.8, 4) is 0 Å². The summed E-state index contributed by atoms with van der Waals surface area (Å²) in [6.45, 7) is 7.21. The number of hydrogen-bond acceptors (Lipinski definition) is 1. The number of halogens is 1. The fraction of sp³-hybridized carbons (Fsp3) is 0.625. The van der Waals surface area contributed by atoms with E-state index in [2.05, 4.69) is 56.1 Å². The van der Waals surface area contributed by atoms with Gasteiger partial charge in [0.25, 0.3) is 0 Å². The van der Waals surface area contributed by atoms with E-state index in [1.807, 2.05) is 0 Å². The zero-order valence-corrected chi connectivity index (χ0v) is 13.6. The van der Waals surface area contributed by atoms with Gasteiger partial charge in [-0.05, 0) is 37.9 Å². The van der Waals surface area contributed by atoms with Crippen LogP contribution in [0.3, 0.4) is 0 Å². The van der Waals surface area contributed by atoms with E-state index in [0.29, 0.717) is 5.41 Å². The van der Waals surface area contributed by atoms with E-state index < -0.39 is 0 Å². The Bertz CT molecular complexity index is 351. The van der Waals surface area contributed by atoms with Crippen molar-refractivity contribution in [2.24, 2.45) is 5.92 Å². The molecule has 2 atom stereocenters. The molecule has 1 aromatic rings. The maximum atomic E-state index is 2.47. The number of piperidine rings is 1. The summed E-state index contributed by atoms with van der Waals surface area (Å²) in [4.78, 5) is 2.47. The summed E-state index contributed by atoms with van der Waals surface area (Å²) >= 11 is 0. The van der Waals surface area contributed by atoms with Crippen molar-refractivity contribution in [3.63, 3.8) is 0 Å². The molecule has 0 spiro atoms. The quantitative estimate of drug-likeness (QED) is 0.805. The van der Waals surface area contributed by atoms with Crippen LogP contribution >= 0.6 is 17.0 Å². The zero-order chi connectivity index (χ0) is 12.3. The second kappa shape index (κ2) is 6.72. The van der Waals surface area contributed by atoms with Gasteiger partial charge in [-0.3, -0.25) is 0 Å². The largest absolute Gasteiger partial charge is 0.306 e. The van der Waals surface area contributed by atoms with Gasteiger partial charge in [0.2, 0.25) is 0 Å². The van der Waals surface area contributed by atoms with Gasteiger partial charge in [-0.2, -0.15) is 0 Å². The molecule has 0 radical (unpaired) electrons. The Hall–Kier alpha value is -0.340. The average molecular weight is 312 g/mol. The SMILES string of the molecule is Br.CCCC1(c2ccccc2)CCN(C)CC1C. The van der Waals surface area contributed by atoms with Gasteiger partial charge in [-0.15, -0.1) is 17.0 Å². The van der Waals surface area contributed by atoms with Gasteiger partial charge in [-0.25, -0.2) is 0 Å². The molecule has 0 aliphatic carbocycles. The molecular weight excluding hydrogens is 286 g/mol. The van der Waals surface area contributed by atoms with Crippen molar-refractivity contribution >= 4 is 17.0 Å². The zero-order valence-electron chi connectivity index (χ0n) is 11.9. The van der Waals surface area contributed by atoms with Gasteiger partial charge < -0.3 is 4.90 Å². The lowest BCUT2D eigenvalue weighted by molar-refractivity contribution is 0.112. The van der Waals surface area contributed by atoms with Crippen LogP contribution in [0, 0.1) is 5.92 Å². The van der Waals surface area contributed by atoms with Crippen molar-refractivity contribution in [2.45, 2.75) is 38.5 Å². The van der Waals surface area contributed by atoms with Gasteiger partial charge in [0.05, 0.1) is 0 Å². The van der Waals surface area contributed by atoms with E-state index in [1.54, 1.807) is 5.56 Å². The molecule has 1 aliphatic rings. The predicted molar refractivity (Wildman–Crippen MR) is 84.6 cm³/mol. The van der Waals surface area contributed by atoms with Crippen LogP contribution in [0.2, 0.25) is 0 Å². The summed E-state index contributed by atoms with van der Waals surface area (Å²) in [5, 5.41) is 0. The molecule has 18 heavy (non-hydrogen) atoms. The fourth-order valence-electron chi connectivity index (χ4n) is 3.53. The minimum absolute atomic E-state index is 0. The Morgan fingerprint density at radius 2 is 1.94 bits per heavy atom. The van der Waals surface area contributed by atoms with E-state index in [1.165, 1.54) is 32.4 Å². The fourth-order valence-corrected chi connectivity index (χ4v) is 3.53. The van der Waals surface area contributed by atoms with Gasteiger partial charge in [0.15, 0.2) is 0 Å². The molecular formula is C16H26BrN. The number of rotatable bonds is 3. The molecule has 1 aromatic carbocycles. The summed E-state index contributed by atoms with van der Waals surface area (Å²) in [5.41, 5.74) is 1.98. The lowest BCUT2D eigenvalue weighted by atomic mass is 9.64. The van der Waals surface area contributed by atoms with Crippen LogP contribution in [-0.4, -0.2) is 25.0 Å². The third kappa shape index (κ3) is 2.97. The molecule has 0 amide bonds. The van der Waals surface area contributed by atoms with Crippen LogP contribution < -0.4 is 0 Å². The molecule has 1 saturated heterocycles. The Labute approximate surface area is 122 Å². The molecule has 2 rings (SSSR count). The Morgan fingerprint density at radius 1 is 1.28 bits per heavy atom. The lowest BCUT2D eigenvalue weighted by Crippen LogP contribution is -2.47.